The van der Waals surface area contributed by atoms with Crippen LogP contribution in [0.25, 0.3) is 0 Å². The van der Waals surface area contributed by atoms with E-state index in [1.165, 1.54) is 0 Å². The zero-order valence-electron chi connectivity index (χ0n) is 12.1. The van der Waals surface area contributed by atoms with Gasteiger partial charge in [-0.1, -0.05) is 12.8 Å². The fourth-order valence-corrected chi connectivity index (χ4v) is 2.70. The number of hydrogen-bond acceptors (Lipinski definition) is 4. The Morgan fingerprint density at radius 3 is 2.45 bits per heavy atom. The van der Waals surface area contributed by atoms with Crippen molar-refractivity contribution in [2.45, 2.75) is 32.1 Å². The van der Waals surface area contributed by atoms with E-state index in [9.17, 15) is 4.79 Å². The lowest BCUT2D eigenvalue weighted by atomic mass is 10.0. The first-order valence-corrected chi connectivity index (χ1v) is 7.58. The van der Waals surface area contributed by atoms with Gasteiger partial charge >= 0.3 is 0 Å². The van der Waals surface area contributed by atoms with Crippen molar-refractivity contribution in [1.29, 1.82) is 0 Å². The van der Waals surface area contributed by atoms with Gasteiger partial charge in [0.25, 0.3) is 0 Å². The second-order valence-corrected chi connectivity index (χ2v) is 5.33. The molecule has 0 aliphatic heterocycles. The molecule has 4 nitrogen and oxygen atoms in total. The first-order valence-electron chi connectivity index (χ1n) is 6.79. The quantitative estimate of drug-likeness (QED) is 0.550. The van der Waals surface area contributed by atoms with Gasteiger partial charge in [-0.2, -0.15) is 0 Å². The summed E-state index contributed by atoms with van der Waals surface area (Å²) >= 11 is 3.41. The lowest BCUT2D eigenvalue weighted by Gasteiger charge is -2.12. The topological polar surface area (TPSA) is 61.5 Å². The first kappa shape index (κ1) is 17.0. The van der Waals surface area contributed by atoms with Crippen molar-refractivity contribution < 1.29 is 14.3 Å². The minimum Gasteiger partial charge on any atom is -0.495 e. The zero-order valence-corrected chi connectivity index (χ0v) is 13.7. The van der Waals surface area contributed by atoms with Crippen molar-refractivity contribution in [3.8, 4) is 11.5 Å². The highest BCUT2D eigenvalue weighted by Crippen LogP contribution is 2.37. The molecule has 0 aliphatic carbocycles. The standard InChI is InChI=1S/C15H22BrNO3/c1-19-13-9-8-11(15(20-2)14(13)16)12(18)7-5-3-4-6-10-17/h8-9H,3-7,10,17H2,1-2H3. The van der Waals surface area contributed by atoms with Crippen molar-refractivity contribution in [3.05, 3.63) is 22.2 Å². The minimum absolute atomic E-state index is 0.0953. The third-order valence-corrected chi connectivity index (χ3v) is 3.89. The van der Waals surface area contributed by atoms with E-state index in [0.717, 1.165) is 25.7 Å². The molecule has 0 spiro atoms. The predicted molar refractivity (Wildman–Crippen MR) is 83.7 cm³/mol. The highest BCUT2D eigenvalue weighted by atomic mass is 79.9. The summed E-state index contributed by atoms with van der Waals surface area (Å²) in [6.45, 7) is 0.715. The smallest absolute Gasteiger partial charge is 0.166 e. The molecule has 0 radical (unpaired) electrons. The van der Waals surface area contributed by atoms with Gasteiger partial charge in [-0.25, -0.2) is 0 Å². The maximum Gasteiger partial charge on any atom is 0.166 e. The van der Waals surface area contributed by atoms with Crippen molar-refractivity contribution in [3.63, 3.8) is 0 Å². The molecule has 0 amide bonds. The molecule has 0 saturated heterocycles. The van der Waals surface area contributed by atoms with Crippen LogP contribution in [0.15, 0.2) is 16.6 Å². The number of Topliss-reactive ketones (excluding diaryl/α,β-unsaturated/α-hetero) is 1. The summed E-state index contributed by atoms with van der Waals surface area (Å²) in [7, 11) is 3.13. The van der Waals surface area contributed by atoms with Crippen molar-refractivity contribution in [2.24, 2.45) is 5.73 Å². The molecular weight excluding hydrogens is 322 g/mol. The number of halogens is 1. The van der Waals surface area contributed by atoms with Gasteiger partial charge in [0.15, 0.2) is 5.78 Å². The Morgan fingerprint density at radius 1 is 1.15 bits per heavy atom. The van der Waals surface area contributed by atoms with Gasteiger partial charge in [-0.3, -0.25) is 4.79 Å². The Bertz CT molecular complexity index is 449. The van der Waals surface area contributed by atoms with Gasteiger partial charge in [0.05, 0.1) is 19.8 Å². The molecule has 1 rings (SSSR count). The van der Waals surface area contributed by atoms with E-state index < -0.39 is 0 Å². The Hall–Kier alpha value is -1.07. The summed E-state index contributed by atoms with van der Waals surface area (Å²) in [5.74, 6) is 1.29. The molecule has 0 aliphatic rings. The van der Waals surface area contributed by atoms with Crippen LogP contribution in [-0.4, -0.2) is 26.5 Å². The van der Waals surface area contributed by atoms with Crippen LogP contribution in [0.1, 0.15) is 42.5 Å². The number of methoxy groups -OCH3 is 2. The summed E-state index contributed by atoms with van der Waals surface area (Å²) in [6.07, 6.45) is 4.53. The van der Waals surface area contributed by atoms with Gasteiger partial charge in [-0.05, 0) is 47.4 Å². The van der Waals surface area contributed by atoms with E-state index in [1.54, 1.807) is 26.4 Å². The van der Waals surface area contributed by atoms with E-state index in [2.05, 4.69) is 15.9 Å². The van der Waals surface area contributed by atoms with Crippen molar-refractivity contribution in [2.75, 3.05) is 20.8 Å². The lowest BCUT2D eigenvalue weighted by molar-refractivity contribution is 0.0976. The average Bonchev–Trinajstić information content (AvgIpc) is 2.46. The maximum atomic E-state index is 12.2. The van der Waals surface area contributed by atoms with Crippen LogP contribution in [0, 0.1) is 0 Å². The van der Waals surface area contributed by atoms with Crippen LogP contribution < -0.4 is 15.2 Å². The number of unbranched alkanes of at least 4 members (excludes halogenated alkanes) is 3. The molecule has 0 unspecified atom stereocenters. The van der Waals surface area contributed by atoms with Gasteiger partial charge < -0.3 is 15.2 Å². The van der Waals surface area contributed by atoms with Gasteiger partial charge in [0.2, 0.25) is 0 Å². The van der Waals surface area contributed by atoms with E-state index in [-0.39, 0.29) is 5.78 Å². The van der Waals surface area contributed by atoms with E-state index in [4.69, 9.17) is 15.2 Å². The van der Waals surface area contributed by atoms with Crippen molar-refractivity contribution in [1.82, 2.24) is 0 Å². The molecule has 0 aromatic heterocycles. The molecule has 1 aromatic carbocycles. The minimum atomic E-state index is 0.0953. The Morgan fingerprint density at radius 2 is 1.85 bits per heavy atom. The van der Waals surface area contributed by atoms with Crippen LogP contribution in [-0.2, 0) is 0 Å². The van der Waals surface area contributed by atoms with E-state index in [0.29, 0.717) is 34.5 Å². The number of carbonyl (C=O) groups excluding carboxylic acids is 1. The van der Waals surface area contributed by atoms with Gasteiger partial charge in [0, 0.05) is 6.42 Å². The molecule has 20 heavy (non-hydrogen) atoms. The van der Waals surface area contributed by atoms with Gasteiger partial charge in [0.1, 0.15) is 16.0 Å². The SMILES string of the molecule is COc1ccc(C(=O)CCCCCCN)c(OC)c1Br. The predicted octanol–water partition coefficient (Wildman–Crippen LogP) is 3.56. The zero-order chi connectivity index (χ0) is 15.0. The second-order valence-electron chi connectivity index (χ2n) is 4.54. The summed E-state index contributed by atoms with van der Waals surface area (Å²) in [5, 5.41) is 0. The number of hydrogen-bond donors (Lipinski definition) is 1. The Labute approximate surface area is 128 Å². The molecule has 0 atom stereocenters. The third kappa shape index (κ3) is 4.49. The third-order valence-electron chi connectivity index (χ3n) is 3.14. The summed E-state index contributed by atoms with van der Waals surface area (Å²) < 4.78 is 11.2. The molecule has 0 saturated carbocycles. The van der Waals surface area contributed by atoms with E-state index in [1.807, 2.05) is 0 Å². The van der Waals surface area contributed by atoms with Crippen LogP contribution >= 0.6 is 15.9 Å². The lowest BCUT2D eigenvalue weighted by Crippen LogP contribution is -2.04. The summed E-state index contributed by atoms with van der Waals surface area (Å²) in [5.41, 5.74) is 6.04. The van der Waals surface area contributed by atoms with E-state index >= 15 is 0 Å². The first-order chi connectivity index (χ1) is 9.65. The molecule has 0 fully saturated rings. The van der Waals surface area contributed by atoms with Crippen LogP contribution in [0.4, 0.5) is 0 Å². The number of ketones is 1. The molecule has 1 aromatic rings. The normalized spacial score (nSPS) is 10.4. The van der Waals surface area contributed by atoms with Gasteiger partial charge in [-0.15, -0.1) is 0 Å². The number of ether oxygens (including phenoxy) is 2. The fraction of sp³-hybridized carbons (Fsp3) is 0.533. The monoisotopic (exact) mass is 343 g/mol. The highest BCUT2D eigenvalue weighted by molar-refractivity contribution is 9.10. The average molecular weight is 344 g/mol. The number of carbonyl (C=O) groups is 1. The van der Waals surface area contributed by atoms with Crippen LogP contribution in [0.2, 0.25) is 0 Å². The second kappa shape index (κ2) is 8.97. The Balaban J connectivity index is 2.70. The van der Waals surface area contributed by atoms with Crippen LogP contribution in [0.3, 0.4) is 0 Å². The molecule has 2 N–H and O–H groups in total. The maximum absolute atomic E-state index is 12.2. The highest BCUT2D eigenvalue weighted by Gasteiger charge is 2.17. The number of rotatable bonds is 9. The largest absolute Gasteiger partial charge is 0.495 e. The van der Waals surface area contributed by atoms with Crippen LogP contribution in [0.5, 0.6) is 11.5 Å². The molecule has 112 valence electrons. The fourth-order valence-electron chi connectivity index (χ4n) is 2.03. The summed E-state index contributed by atoms with van der Waals surface area (Å²) in [4.78, 5) is 12.2. The molecule has 0 heterocycles. The molecule has 0 bridgehead atoms. The van der Waals surface area contributed by atoms with Crippen molar-refractivity contribution >= 4 is 21.7 Å². The molecular formula is C15H22BrNO3. The number of nitrogens with two attached hydrogens (primary N) is 1. The Kier molecular flexibility index (Phi) is 7.62. The number of benzene rings is 1. The molecule has 5 heteroatoms. The summed E-state index contributed by atoms with van der Waals surface area (Å²) in [6, 6.07) is 3.53.